The lowest BCUT2D eigenvalue weighted by Crippen LogP contribution is -2.04. The number of halogens is 3. The van der Waals surface area contributed by atoms with Crippen LogP contribution in [-0.2, 0) is 0 Å². The second kappa shape index (κ2) is 6.35. The molecule has 0 saturated carbocycles. The van der Waals surface area contributed by atoms with Crippen LogP contribution >= 0.6 is 39.1 Å². The molecule has 1 unspecified atom stereocenters. The lowest BCUT2D eigenvalue weighted by Gasteiger charge is -2.18. The van der Waals surface area contributed by atoms with E-state index in [4.69, 9.17) is 27.9 Å². The molecule has 0 saturated heterocycles. The Morgan fingerprint density at radius 3 is 2.55 bits per heavy atom. The quantitative estimate of drug-likeness (QED) is 0.803. The maximum Gasteiger partial charge on any atom is 0.139 e. The van der Waals surface area contributed by atoms with Crippen LogP contribution in [0.5, 0.6) is 5.75 Å². The Kier molecular flexibility index (Phi) is 4.97. The first-order valence-electron chi connectivity index (χ1n) is 5.91. The Bertz CT molecular complexity index is 644. The molecule has 20 heavy (non-hydrogen) atoms. The summed E-state index contributed by atoms with van der Waals surface area (Å²) >= 11 is 15.7. The van der Waals surface area contributed by atoms with Gasteiger partial charge in [0.2, 0.25) is 0 Å². The number of rotatable bonds is 3. The number of ether oxygens (including phenoxy) is 1. The van der Waals surface area contributed by atoms with Gasteiger partial charge in [0, 0.05) is 21.2 Å². The van der Waals surface area contributed by atoms with Gasteiger partial charge in [-0.25, -0.2) is 0 Å². The van der Waals surface area contributed by atoms with Crippen molar-refractivity contribution >= 4 is 39.1 Å². The first-order chi connectivity index (χ1) is 9.45. The van der Waals surface area contributed by atoms with E-state index in [1.807, 2.05) is 19.1 Å². The lowest BCUT2D eigenvalue weighted by molar-refractivity contribution is 0.214. The van der Waals surface area contributed by atoms with E-state index in [1.165, 1.54) is 0 Å². The van der Waals surface area contributed by atoms with E-state index in [-0.39, 0.29) is 0 Å². The number of methoxy groups -OCH3 is 1. The summed E-state index contributed by atoms with van der Waals surface area (Å²) in [5.74, 6) is 0.541. The Labute approximate surface area is 136 Å². The minimum atomic E-state index is -0.910. The highest BCUT2D eigenvalue weighted by Gasteiger charge is 2.21. The third-order valence-electron chi connectivity index (χ3n) is 3.05. The van der Waals surface area contributed by atoms with E-state index in [9.17, 15) is 5.11 Å². The summed E-state index contributed by atoms with van der Waals surface area (Å²) in [6.07, 6.45) is -0.910. The van der Waals surface area contributed by atoms with Crippen molar-refractivity contribution in [1.29, 1.82) is 0 Å². The van der Waals surface area contributed by atoms with Crippen molar-refractivity contribution in [2.75, 3.05) is 7.11 Å². The normalized spacial score (nSPS) is 12.3. The molecule has 2 rings (SSSR count). The molecule has 2 aromatic rings. The third-order valence-corrected chi connectivity index (χ3v) is 4.38. The van der Waals surface area contributed by atoms with Crippen LogP contribution in [0.15, 0.2) is 34.8 Å². The van der Waals surface area contributed by atoms with Gasteiger partial charge in [0.05, 0.1) is 11.6 Å². The van der Waals surface area contributed by atoms with Gasteiger partial charge < -0.3 is 9.84 Å². The third kappa shape index (κ3) is 2.96. The van der Waals surface area contributed by atoms with Crippen LogP contribution in [0.3, 0.4) is 0 Å². The zero-order valence-electron chi connectivity index (χ0n) is 11.0. The first kappa shape index (κ1) is 15.6. The minimum Gasteiger partial charge on any atom is -0.495 e. The second-order valence-corrected chi connectivity index (χ2v) is 6.06. The second-order valence-electron chi connectivity index (χ2n) is 4.39. The molecule has 2 nitrogen and oxygen atoms in total. The predicted molar refractivity (Wildman–Crippen MR) is 86.0 cm³/mol. The van der Waals surface area contributed by atoms with E-state index in [0.717, 1.165) is 5.56 Å². The molecule has 1 N–H and O–H groups in total. The largest absolute Gasteiger partial charge is 0.495 e. The molecule has 1 atom stereocenters. The van der Waals surface area contributed by atoms with Gasteiger partial charge in [-0.3, -0.25) is 0 Å². The topological polar surface area (TPSA) is 29.5 Å². The van der Waals surface area contributed by atoms with E-state index in [0.29, 0.717) is 31.4 Å². The number of hydrogen-bond donors (Lipinski definition) is 1. The zero-order chi connectivity index (χ0) is 14.9. The molecule has 0 radical (unpaired) electrons. The molecule has 0 aliphatic carbocycles. The van der Waals surface area contributed by atoms with Gasteiger partial charge in [-0.05, 0) is 40.5 Å². The van der Waals surface area contributed by atoms with Crippen molar-refractivity contribution in [2.45, 2.75) is 13.0 Å². The van der Waals surface area contributed by atoms with E-state index in [2.05, 4.69) is 15.9 Å². The zero-order valence-corrected chi connectivity index (χ0v) is 14.1. The molecule has 0 bridgehead atoms. The Balaban J connectivity index is 2.58. The van der Waals surface area contributed by atoms with Gasteiger partial charge in [-0.15, -0.1) is 0 Å². The molecule has 0 spiro atoms. The van der Waals surface area contributed by atoms with Crippen molar-refractivity contribution in [1.82, 2.24) is 0 Å². The lowest BCUT2D eigenvalue weighted by atomic mass is 9.99. The van der Waals surface area contributed by atoms with Gasteiger partial charge in [-0.2, -0.15) is 0 Å². The number of benzene rings is 2. The summed E-state index contributed by atoms with van der Waals surface area (Å²) in [6, 6.07) is 8.92. The van der Waals surface area contributed by atoms with Crippen molar-refractivity contribution in [2.24, 2.45) is 0 Å². The summed E-state index contributed by atoms with van der Waals surface area (Å²) in [6.45, 7) is 1.89. The Morgan fingerprint density at radius 2 is 1.90 bits per heavy atom. The molecule has 0 amide bonds. The maximum absolute atomic E-state index is 10.6. The summed E-state index contributed by atoms with van der Waals surface area (Å²) < 4.78 is 6.02. The van der Waals surface area contributed by atoms with Crippen molar-refractivity contribution in [3.63, 3.8) is 0 Å². The molecule has 106 valence electrons. The highest BCUT2D eigenvalue weighted by Crippen LogP contribution is 2.40. The summed E-state index contributed by atoms with van der Waals surface area (Å²) in [4.78, 5) is 0. The van der Waals surface area contributed by atoms with Gasteiger partial charge >= 0.3 is 0 Å². The molecule has 0 aliphatic rings. The maximum atomic E-state index is 10.6. The number of hydrogen-bond acceptors (Lipinski definition) is 2. The Hall–Kier alpha value is -0.740. The molecule has 0 aliphatic heterocycles. The van der Waals surface area contributed by atoms with Gasteiger partial charge in [0.25, 0.3) is 0 Å². The molecular weight excluding hydrogens is 363 g/mol. The van der Waals surface area contributed by atoms with Gasteiger partial charge in [0.1, 0.15) is 11.9 Å². The molecular formula is C15H13BrCl2O2. The highest BCUT2D eigenvalue weighted by atomic mass is 79.9. The first-order valence-corrected chi connectivity index (χ1v) is 7.46. The summed E-state index contributed by atoms with van der Waals surface area (Å²) in [7, 11) is 1.54. The van der Waals surface area contributed by atoms with Crippen LogP contribution in [-0.4, -0.2) is 12.2 Å². The fraction of sp³-hybridized carbons (Fsp3) is 0.200. The SMILES string of the molecule is COc1c(Br)cc(Cl)cc1C(O)c1cccc(C)c1Cl. The van der Waals surface area contributed by atoms with Crippen LogP contribution < -0.4 is 4.74 Å². The van der Waals surface area contributed by atoms with Crippen LogP contribution in [0.25, 0.3) is 0 Å². The summed E-state index contributed by atoms with van der Waals surface area (Å²) in [5.41, 5.74) is 2.10. The molecule has 0 heterocycles. The molecule has 5 heteroatoms. The molecule has 2 aromatic carbocycles. The van der Waals surface area contributed by atoms with E-state index < -0.39 is 6.10 Å². The van der Waals surface area contributed by atoms with Crippen molar-refractivity contribution in [3.8, 4) is 5.75 Å². The molecule has 0 fully saturated rings. The number of aliphatic hydroxyl groups is 1. The van der Waals surface area contributed by atoms with Crippen molar-refractivity contribution < 1.29 is 9.84 Å². The van der Waals surface area contributed by atoms with Crippen molar-refractivity contribution in [3.05, 3.63) is 61.5 Å². The van der Waals surface area contributed by atoms with E-state index >= 15 is 0 Å². The van der Waals surface area contributed by atoms with E-state index in [1.54, 1.807) is 25.3 Å². The minimum absolute atomic E-state index is 0.510. The standard InChI is InChI=1S/C15H13BrCl2O2/c1-8-4-3-5-10(13(8)18)14(19)11-6-9(17)7-12(16)15(11)20-2/h3-7,14,19H,1-2H3. The smallest absolute Gasteiger partial charge is 0.139 e. The monoisotopic (exact) mass is 374 g/mol. The number of aliphatic hydroxyl groups excluding tert-OH is 1. The van der Waals surface area contributed by atoms with Crippen LogP contribution in [0.4, 0.5) is 0 Å². The van der Waals surface area contributed by atoms with Crippen LogP contribution in [0, 0.1) is 6.92 Å². The van der Waals surface area contributed by atoms with Crippen LogP contribution in [0.1, 0.15) is 22.8 Å². The average molecular weight is 376 g/mol. The average Bonchev–Trinajstić information content (AvgIpc) is 2.40. The fourth-order valence-electron chi connectivity index (χ4n) is 2.05. The molecule has 0 aromatic heterocycles. The Morgan fingerprint density at radius 1 is 1.20 bits per heavy atom. The van der Waals surface area contributed by atoms with Gasteiger partial charge in [-0.1, -0.05) is 41.4 Å². The van der Waals surface area contributed by atoms with Gasteiger partial charge in [0.15, 0.2) is 0 Å². The number of aryl methyl sites for hydroxylation is 1. The summed E-state index contributed by atoms with van der Waals surface area (Å²) in [5, 5.41) is 11.7. The predicted octanol–water partition coefficient (Wildman–Crippen LogP) is 5.15. The highest BCUT2D eigenvalue weighted by molar-refractivity contribution is 9.10. The van der Waals surface area contributed by atoms with Crippen LogP contribution in [0.2, 0.25) is 10.0 Å². The fourth-order valence-corrected chi connectivity index (χ4v) is 3.27.